The zero-order valence-corrected chi connectivity index (χ0v) is 18.3. The highest BCUT2D eigenvalue weighted by Crippen LogP contribution is 2.26. The van der Waals surface area contributed by atoms with Crippen molar-refractivity contribution in [2.75, 3.05) is 43.7 Å². The summed E-state index contributed by atoms with van der Waals surface area (Å²) in [7, 11) is 0. The highest BCUT2D eigenvalue weighted by atomic mass is 32.2. The number of rotatable bonds is 10. The van der Waals surface area contributed by atoms with Crippen LogP contribution in [0.2, 0.25) is 0 Å². The fraction of sp³-hybridized carbons (Fsp3) is 0.571. The van der Waals surface area contributed by atoms with Crippen LogP contribution in [0.25, 0.3) is 0 Å². The van der Waals surface area contributed by atoms with Crippen LogP contribution in [-0.4, -0.2) is 53.4 Å². The van der Waals surface area contributed by atoms with Gasteiger partial charge in [0.15, 0.2) is 11.7 Å². The van der Waals surface area contributed by atoms with Crippen LogP contribution >= 0.6 is 11.8 Å². The Morgan fingerprint density at radius 3 is 2.86 bits per heavy atom. The first-order valence-electron chi connectivity index (χ1n) is 9.84. The molecule has 0 saturated carbocycles. The lowest BCUT2D eigenvalue weighted by atomic mass is 10.1. The van der Waals surface area contributed by atoms with E-state index in [0.29, 0.717) is 49.8 Å². The molecule has 7 heteroatoms. The van der Waals surface area contributed by atoms with Crippen molar-refractivity contribution < 1.29 is 9.84 Å². The van der Waals surface area contributed by atoms with E-state index >= 15 is 0 Å². The minimum absolute atomic E-state index is 0.0144. The third kappa shape index (κ3) is 5.50. The van der Waals surface area contributed by atoms with Gasteiger partial charge in [0.25, 0.3) is 0 Å². The summed E-state index contributed by atoms with van der Waals surface area (Å²) >= 11 is 1.74. The molecule has 0 saturated heterocycles. The van der Waals surface area contributed by atoms with E-state index in [9.17, 15) is 9.90 Å². The molecule has 0 aliphatic carbocycles. The van der Waals surface area contributed by atoms with Crippen molar-refractivity contribution in [3.05, 3.63) is 56.9 Å². The minimum atomic E-state index is -0.814. The number of thioether (sulfide) groups is 1. The second-order valence-corrected chi connectivity index (χ2v) is 8.14. The Kier molecular flexibility index (Phi) is 8.82. The van der Waals surface area contributed by atoms with E-state index in [2.05, 4.69) is 23.9 Å². The Balaban J connectivity index is 2.29. The summed E-state index contributed by atoms with van der Waals surface area (Å²) in [5, 5.41) is 15.1. The van der Waals surface area contributed by atoms with Crippen LogP contribution in [0.3, 0.4) is 0 Å². The number of pyridine rings is 1. The van der Waals surface area contributed by atoms with Crippen LogP contribution in [0.4, 0.5) is 0 Å². The molecule has 1 N–H and O–H groups in total. The number of aliphatic hydroxyl groups is 1. The summed E-state index contributed by atoms with van der Waals surface area (Å²) in [6.45, 7) is 15.1. The van der Waals surface area contributed by atoms with Gasteiger partial charge in [-0.15, -0.1) is 11.8 Å². The van der Waals surface area contributed by atoms with Gasteiger partial charge in [-0.05, 0) is 43.9 Å². The maximum atomic E-state index is 12.5. The number of aliphatic hydroxyl groups excluding tert-OH is 1. The zero-order chi connectivity index (χ0) is 20.7. The van der Waals surface area contributed by atoms with Crippen LogP contribution in [0, 0.1) is 13.8 Å². The molecule has 156 valence electrons. The first-order chi connectivity index (χ1) is 13.4. The van der Waals surface area contributed by atoms with Gasteiger partial charge in [0.1, 0.15) is 0 Å². The minimum Gasteiger partial charge on any atom is -0.382 e. The lowest BCUT2D eigenvalue weighted by Crippen LogP contribution is -2.54. The first kappa shape index (κ1) is 22.7. The molecule has 0 amide bonds. The van der Waals surface area contributed by atoms with Crippen LogP contribution < -0.4 is 10.4 Å². The highest BCUT2D eigenvalue weighted by molar-refractivity contribution is 8.02. The fourth-order valence-corrected chi connectivity index (χ4v) is 3.81. The quantitative estimate of drug-likeness (QED) is 0.475. The van der Waals surface area contributed by atoms with Gasteiger partial charge >= 0.3 is 0 Å². The van der Waals surface area contributed by atoms with Crippen molar-refractivity contribution in [2.45, 2.75) is 40.3 Å². The predicted octanol–water partition coefficient (Wildman–Crippen LogP) is 2.92. The number of hydrogen-bond donors (Lipinski definition) is 1. The molecule has 1 aliphatic rings. The molecule has 2 heterocycles. The van der Waals surface area contributed by atoms with Gasteiger partial charge in [0.2, 0.25) is 0 Å². The second kappa shape index (κ2) is 10.9. The van der Waals surface area contributed by atoms with Crippen molar-refractivity contribution in [2.24, 2.45) is 0 Å². The number of hydrogen-bond acceptors (Lipinski definition) is 6. The average molecular weight is 408 g/mol. The molecule has 0 bridgehead atoms. The lowest BCUT2D eigenvalue weighted by molar-refractivity contribution is -0.0286. The number of nitrogens with zero attached hydrogens (tertiary/aromatic N) is 3. The Labute approximate surface area is 172 Å². The van der Waals surface area contributed by atoms with Gasteiger partial charge < -0.3 is 9.84 Å². The van der Waals surface area contributed by atoms with Crippen LogP contribution in [0.5, 0.6) is 0 Å². The molecule has 1 unspecified atom stereocenters. The Bertz CT molecular complexity index is 760. The number of ether oxygens (including phenoxy) is 1. The summed E-state index contributed by atoms with van der Waals surface area (Å²) in [5.74, 6) is 1.02. The van der Waals surface area contributed by atoms with Gasteiger partial charge in [-0.1, -0.05) is 19.6 Å². The zero-order valence-electron chi connectivity index (χ0n) is 17.5. The summed E-state index contributed by atoms with van der Waals surface area (Å²) in [5.41, 5.74) is 2.87. The van der Waals surface area contributed by atoms with E-state index in [1.807, 2.05) is 35.7 Å². The van der Waals surface area contributed by atoms with Gasteiger partial charge in [0, 0.05) is 37.1 Å². The van der Waals surface area contributed by atoms with Crippen molar-refractivity contribution in [1.29, 1.82) is 0 Å². The monoisotopic (exact) mass is 407 g/mol. The summed E-state index contributed by atoms with van der Waals surface area (Å²) < 4.78 is 7.36. The maximum absolute atomic E-state index is 12.5. The first-order valence-corrected chi connectivity index (χ1v) is 10.9. The van der Waals surface area contributed by atoms with E-state index in [1.54, 1.807) is 18.7 Å². The van der Waals surface area contributed by atoms with E-state index in [-0.39, 0.29) is 5.43 Å². The molecule has 1 atom stereocenters. The average Bonchev–Trinajstić information content (AvgIpc) is 2.66. The molecule has 2 rings (SSSR count). The molecular weight excluding hydrogens is 374 g/mol. The molecule has 28 heavy (non-hydrogen) atoms. The van der Waals surface area contributed by atoms with E-state index < -0.39 is 6.23 Å². The molecule has 0 fully saturated rings. The van der Waals surface area contributed by atoms with Crippen molar-refractivity contribution in [3.63, 3.8) is 0 Å². The van der Waals surface area contributed by atoms with Gasteiger partial charge in [-0.25, -0.2) is 0 Å². The molecule has 1 aromatic rings. The number of aromatic nitrogens is 1. The molecular formula is C21H33N3O3S. The summed E-state index contributed by atoms with van der Waals surface area (Å²) in [6, 6.07) is 0. The van der Waals surface area contributed by atoms with Crippen LogP contribution in [0.1, 0.15) is 43.3 Å². The molecule has 6 nitrogen and oxygen atoms in total. The Morgan fingerprint density at radius 1 is 1.43 bits per heavy atom. The molecule has 1 aromatic heterocycles. The third-order valence-corrected chi connectivity index (χ3v) is 5.44. The van der Waals surface area contributed by atoms with Crippen molar-refractivity contribution in [3.8, 4) is 0 Å². The largest absolute Gasteiger partial charge is 0.382 e. The van der Waals surface area contributed by atoms with Crippen LogP contribution in [0.15, 0.2) is 34.6 Å². The fourth-order valence-electron chi connectivity index (χ4n) is 3.33. The van der Waals surface area contributed by atoms with E-state index in [1.165, 1.54) is 0 Å². The van der Waals surface area contributed by atoms with Gasteiger partial charge in [0.05, 0.1) is 18.9 Å². The smallest absolute Gasteiger partial charge is 0.187 e. The SMILES string of the molecule is C=C(/C=C\SCC)CN1CN(CCCOCC)C(O)c2c(C)c(=O)c(C)cn21. The topological polar surface area (TPSA) is 57.9 Å². The second-order valence-electron chi connectivity index (χ2n) is 6.95. The van der Waals surface area contributed by atoms with Gasteiger partial charge in [-0.3, -0.25) is 19.4 Å². The molecule has 0 radical (unpaired) electrons. The number of fused-ring (bicyclic) bond motifs is 1. The van der Waals surface area contributed by atoms with Crippen molar-refractivity contribution >= 4 is 11.8 Å². The normalized spacial score (nSPS) is 17.3. The molecule has 0 spiro atoms. The summed E-state index contributed by atoms with van der Waals surface area (Å²) in [6.07, 6.45) is 3.86. The lowest BCUT2D eigenvalue weighted by Gasteiger charge is -2.43. The standard InChI is InChI=1S/C21H33N3O3S/c1-6-27-11-8-10-22-15-23(13-16(3)9-12-28-7-2)24-14-17(4)20(25)18(5)19(24)21(22)26/h9,12,14,21,26H,3,6-8,10-11,13,15H2,1-2,4-5H3/b12-9-. The number of aryl methyl sites for hydroxylation is 1. The van der Waals surface area contributed by atoms with Crippen LogP contribution in [-0.2, 0) is 4.74 Å². The third-order valence-electron chi connectivity index (χ3n) is 4.78. The van der Waals surface area contributed by atoms with Gasteiger partial charge in [-0.2, -0.15) is 0 Å². The maximum Gasteiger partial charge on any atom is 0.187 e. The van der Waals surface area contributed by atoms with E-state index in [4.69, 9.17) is 4.74 Å². The highest BCUT2D eigenvalue weighted by Gasteiger charge is 2.31. The summed E-state index contributed by atoms with van der Waals surface area (Å²) in [4.78, 5) is 14.5. The van der Waals surface area contributed by atoms with Crippen molar-refractivity contribution in [1.82, 2.24) is 9.58 Å². The van der Waals surface area contributed by atoms with E-state index in [0.717, 1.165) is 17.7 Å². The Morgan fingerprint density at radius 2 is 2.18 bits per heavy atom. The molecule has 1 aliphatic heterocycles. The Hall–Kier alpha value is -1.54. The predicted molar refractivity (Wildman–Crippen MR) is 117 cm³/mol. The molecule has 0 aromatic carbocycles.